The summed E-state index contributed by atoms with van der Waals surface area (Å²) >= 11 is 3.34. The predicted octanol–water partition coefficient (Wildman–Crippen LogP) is 3.64. The van der Waals surface area contributed by atoms with Crippen molar-refractivity contribution in [3.05, 3.63) is 70.7 Å². The van der Waals surface area contributed by atoms with Gasteiger partial charge in [0.2, 0.25) is 0 Å². The number of hydrogen-bond donors (Lipinski definition) is 1. The number of carbonyl (C=O) groups is 1. The van der Waals surface area contributed by atoms with E-state index in [2.05, 4.69) is 26.5 Å². The molecule has 0 atom stereocenters. The Kier molecular flexibility index (Phi) is 6.39. The van der Waals surface area contributed by atoms with E-state index >= 15 is 0 Å². The maximum atomic E-state index is 11.5. The first-order valence-corrected chi connectivity index (χ1v) is 7.45. The van der Waals surface area contributed by atoms with Gasteiger partial charge in [0.1, 0.15) is 5.75 Å². The Morgan fingerprint density at radius 3 is 2.77 bits per heavy atom. The van der Waals surface area contributed by atoms with Crippen LogP contribution in [0, 0.1) is 0 Å². The summed E-state index contributed by atoms with van der Waals surface area (Å²) in [4.78, 5) is 11.5. The Morgan fingerprint density at radius 1 is 1.18 bits per heavy atom. The van der Waals surface area contributed by atoms with Crippen LogP contribution in [0.4, 0.5) is 0 Å². The third-order valence-electron chi connectivity index (χ3n) is 2.60. The van der Waals surface area contributed by atoms with Gasteiger partial charge in [-0.3, -0.25) is 4.79 Å². The first-order chi connectivity index (χ1) is 10.7. The number of nitrogens with zero attached hydrogens (tertiary/aromatic N) is 1. The predicted molar refractivity (Wildman–Crippen MR) is 91.7 cm³/mol. The minimum Gasteiger partial charge on any atom is -0.484 e. The lowest BCUT2D eigenvalue weighted by Gasteiger charge is -2.04. The molecule has 112 valence electrons. The van der Waals surface area contributed by atoms with Gasteiger partial charge in [-0.05, 0) is 29.8 Å². The van der Waals surface area contributed by atoms with Crippen LogP contribution in [-0.2, 0) is 4.79 Å². The monoisotopic (exact) mass is 358 g/mol. The Balaban J connectivity index is 1.71. The highest BCUT2D eigenvalue weighted by molar-refractivity contribution is 9.10. The molecule has 2 aromatic rings. The van der Waals surface area contributed by atoms with Crippen molar-refractivity contribution in [3.8, 4) is 5.75 Å². The highest BCUT2D eigenvalue weighted by Crippen LogP contribution is 2.17. The molecule has 0 aliphatic carbocycles. The van der Waals surface area contributed by atoms with Crippen LogP contribution in [-0.4, -0.2) is 18.7 Å². The Hall–Kier alpha value is -2.40. The summed E-state index contributed by atoms with van der Waals surface area (Å²) in [5.41, 5.74) is 3.46. The van der Waals surface area contributed by atoms with Crippen LogP contribution in [0.1, 0.15) is 5.56 Å². The van der Waals surface area contributed by atoms with E-state index in [0.717, 1.165) is 10.0 Å². The molecule has 2 rings (SSSR count). The number of carbonyl (C=O) groups excluding carboxylic acids is 1. The van der Waals surface area contributed by atoms with Gasteiger partial charge >= 0.3 is 0 Å². The van der Waals surface area contributed by atoms with Crippen molar-refractivity contribution >= 4 is 34.1 Å². The quantitative estimate of drug-likeness (QED) is 0.632. The Morgan fingerprint density at radius 2 is 2.00 bits per heavy atom. The number of rotatable bonds is 6. The van der Waals surface area contributed by atoms with Gasteiger partial charge < -0.3 is 4.74 Å². The molecule has 5 heteroatoms. The van der Waals surface area contributed by atoms with E-state index < -0.39 is 0 Å². The van der Waals surface area contributed by atoms with Crippen molar-refractivity contribution in [1.82, 2.24) is 5.43 Å². The van der Waals surface area contributed by atoms with Crippen molar-refractivity contribution in [2.75, 3.05) is 6.61 Å². The van der Waals surface area contributed by atoms with Gasteiger partial charge in [-0.2, -0.15) is 5.10 Å². The number of hydrogen-bond acceptors (Lipinski definition) is 3. The second-order valence-corrected chi connectivity index (χ2v) is 5.24. The summed E-state index contributed by atoms with van der Waals surface area (Å²) in [6.45, 7) is -0.0871. The van der Waals surface area contributed by atoms with Gasteiger partial charge in [-0.25, -0.2) is 5.43 Å². The number of halogens is 1. The van der Waals surface area contributed by atoms with Gasteiger partial charge in [0.05, 0.1) is 0 Å². The molecular weight excluding hydrogens is 344 g/mol. The van der Waals surface area contributed by atoms with Gasteiger partial charge in [-0.15, -0.1) is 0 Å². The van der Waals surface area contributed by atoms with Gasteiger partial charge in [0, 0.05) is 10.7 Å². The van der Waals surface area contributed by atoms with E-state index in [1.165, 1.54) is 6.21 Å². The molecule has 22 heavy (non-hydrogen) atoms. The summed E-state index contributed by atoms with van der Waals surface area (Å²) < 4.78 is 6.24. The highest BCUT2D eigenvalue weighted by Gasteiger charge is 2.01. The molecule has 4 nitrogen and oxygen atoms in total. The second-order valence-electron chi connectivity index (χ2n) is 4.33. The number of ether oxygens (including phenoxy) is 1. The smallest absolute Gasteiger partial charge is 0.277 e. The summed E-state index contributed by atoms with van der Waals surface area (Å²) in [6, 6.07) is 17.1. The maximum absolute atomic E-state index is 11.5. The van der Waals surface area contributed by atoms with E-state index in [1.807, 2.05) is 48.5 Å². The normalized spacial score (nSPS) is 11.0. The minimum atomic E-state index is -0.315. The van der Waals surface area contributed by atoms with Crippen molar-refractivity contribution < 1.29 is 9.53 Å². The number of amides is 1. The average molecular weight is 359 g/mol. The molecule has 2 aromatic carbocycles. The Bertz CT molecular complexity index is 669. The van der Waals surface area contributed by atoms with Crippen LogP contribution in [0.5, 0.6) is 5.75 Å². The number of allylic oxidation sites excluding steroid dienone is 1. The summed E-state index contributed by atoms with van der Waals surface area (Å²) in [5, 5.41) is 3.82. The van der Waals surface area contributed by atoms with Crippen LogP contribution in [0.3, 0.4) is 0 Å². The lowest BCUT2D eigenvalue weighted by atomic mass is 10.2. The van der Waals surface area contributed by atoms with Gasteiger partial charge in [0.15, 0.2) is 6.61 Å². The molecule has 0 radical (unpaired) electrons. The third kappa shape index (κ3) is 5.93. The summed E-state index contributed by atoms with van der Waals surface area (Å²) in [7, 11) is 0. The first-order valence-electron chi connectivity index (χ1n) is 6.66. The van der Waals surface area contributed by atoms with Gasteiger partial charge in [0.25, 0.3) is 5.91 Å². The molecule has 0 aromatic heterocycles. The fourth-order valence-electron chi connectivity index (χ4n) is 1.61. The van der Waals surface area contributed by atoms with Crippen molar-refractivity contribution in [1.29, 1.82) is 0 Å². The summed E-state index contributed by atoms with van der Waals surface area (Å²) in [6.07, 6.45) is 5.17. The molecular formula is C17H15BrN2O2. The first kappa shape index (κ1) is 16.0. The zero-order chi connectivity index (χ0) is 15.6. The van der Waals surface area contributed by atoms with Crippen molar-refractivity contribution in [2.24, 2.45) is 5.10 Å². The van der Waals surface area contributed by atoms with E-state index in [4.69, 9.17) is 4.74 Å². The van der Waals surface area contributed by atoms with E-state index in [9.17, 15) is 4.79 Å². The van der Waals surface area contributed by atoms with Crippen LogP contribution < -0.4 is 10.2 Å². The number of hydrazone groups is 1. The molecule has 0 aliphatic rings. The zero-order valence-electron chi connectivity index (χ0n) is 11.8. The topological polar surface area (TPSA) is 50.7 Å². The van der Waals surface area contributed by atoms with Crippen LogP contribution >= 0.6 is 15.9 Å². The lowest BCUT2D eigenvalue weighted by molar-refractivity contribution is -0.123. The fourth-order valence-corrected chi connectivity index (χ4v) is 1.99. The standard InChI is InChI=1S/C17H15BrN2O2/c18-15-9-4-10-16(12-15)22-13-17(21)20-19-11-5-8-14-6-2-1-3-7-14/h1-12H,13H2,(H,20,21)/b8-5+,19-11+. The molecule has 0 spiro atoms. The highest BCUT2D eigenvalue weighted by atomic mass is 79.9. The molecule has 0 unspecified atom stereocenters. The number of nitrogens with one attached hydrogen (secondary N) is 1. The van der Waals surface area contributed by atoms with E-state index in [1.54, 1.807) is 18.2 Å². The third-order valence-corrected chi connectivity index (χ3v) is 3.10. The zero-order valence-corrected chi connectivity index (χ0v) is 13.4. The maximum Gasteiger partial charge on any atom is 0.277 e. The largest absolute Gasteiger partial charge is 0.484 e. The van der Waals surface area contributed by atoms with E-state index in [0.29, 0.717) is 5.75 Å². The SMILES string of the molecule is O=C(COc1cccc(Br)c1)N/N=C/C=C/c1ccccc1. The van der Waals surface area contributed by atoms with E-state index in [-0.39, 0.29) is 12.5 Å². The molecule has 0 bridgehead atoms. The molecule has 1 amide bonds. The molecule has 0 saturated carbocycles. The molecule has 0 aliphatic heterocycles. The average Bonchev–Trinajstić information content (AvgIpc) is 2.54. The van der Waals surface area contributed by atoms with Crippen LogP contribution in [0.25, 0.3) is 6.08 Å². The van der Waals surface area contributed by atoms with Crippen LogP contribution in [0.15, 0.2) is 70.2 Å². The molecule has 0 saturated heterocycles. The summed E-state index contributed by atoms with van der Waals surface area (Å²) in [5.74, 6) is 0.307. The molecule has 1 N–H and O–H groups in total. The fraction of sp³-hybridized carbons (Fsp3) is 0.0588. The van der Waals surface area contributed by atoms with Crippen molar-refractivity contribution in [2.45, 2.75) is 0 Å². The van der Waals surface area contributed by atoms with Crippen molar-refractivity contribution in [3.63, 3.8) is 0 Å². The van der Waals surface area contributed by atoms with Gasteiger partial charge in [-0.1, -0.05) is 58.4 Å². The molecule has 0 fully saturated rings. The molecule has 0 heterocycles. The van der Waals surface area contributed by atoms with Crippen LogP contribution in [0.2, 0.25) is 0 Å². The minimum absolute atomic E-state index is 0.0871. The Labute approximate surface area is 137 Å². The second kappa shape index (κ2) is 8.79. The lowest BCUT2D eigenvalue weighted by Crippen LogP contribution is -2.24. The number of benzene rings is 2.